The zero-order chi connectivity index (χ0) is 13.1. The quantitative estimate of drug-likeness (QED) is 0.854. The molecule has 0 spiro atoms. The van der Waals surface area contributed by atoms with Crippen molar-refractivity contribution in [3.05, 3.63) is 58.1 Å². The Labute approximate surface area is 117 Å². The highest BCUT2D eigenvalue weighted by atomic mass is 35.5. The molecule has 0 atom stereocenters. The molecule has 0 aromatic heterocycles. The second-order valence-electron chi connectivity index (χ2n) is 4.15. The summed E-state index contributed by atoms with van der Waals surface area (Å²) in [5.41, 5.74) is 8.63. The highest BCUT2D eigenvalue weighted by Gasteiger charge is 2.08. The molecule has 2 aromatic carbocycles. The Morgan fingerprint density at radius 1 is 1.11 bits per heavy atom. The highest BCUT2D eigenvalue weighted by molar-refractivity contribution is 6.31. The molecule has 0 aliphatic heterocycles. The van der Waals surface area contributed by atoms with Gasteiger partial charge in [-0.3, -0.25) is 0 Å². The molecule has 0 saturated carbocycles. The van der Waals surface area contributed by atoms with Gasteiger partial charge < -0.3 is 10.6 Å². The third kappa shape index (κ3) is 2.89. The Morgan fingerprint density at radius 3 is 2.50 bits per heavy atom. The Bertz CT molecular complexity index is 555. The number of nitrogen functional groups attached to an aromatic ring is 1. The summed E-state index contributed by atoms with van der Waals surface area (Å²) in [4.78, 5) is 2.05. The summed E-state index contributed by atoms with van der Waals surface area (Å²) in [6.07, 6.45) is 0. The first-order valence-electron chi connectivity index (χ1n) is 5.57. The maximum absolute atomic E-state index is 6.14. The number of nitrogens with zero attached hydrogens (tertiary/aromatic N) is 1. The van der Waals surface area contributed by atoms with E-state index in [1.54, 1.807) is 6.07 Å². The molecule has 94 valence electrons. The van der Waals surface area contributed by atoms with Crippen LogP contribution < -0.4 is 10.6 Å². The van der Waals surface area contributed by atoms with Crippen LogP contribution in [0.5, 0.6) is 0 Å². The van der Waals surface area contributed by atoms with Crippen LogP contribution in [-0.2, 0) is 6.54 Å². The molecule has 0 aliphatic carbocycles. The minimum absolute atomic E-state index is 0.641. The molecule has 2 aromatic rings. The van der Waals surface area contributed by atoms with E-state index in [0.29, 0.717) is 17.3 Å². The molecule has 0 fully saturated rings. The number of rotatable bonds is 3. The molecule has 2 N–H and O–H groups in total. The molecular formula is C14H14Cl2N2. The van der Waals surface area contributed by atoms with Gasteiger partial charge in [0.2, 0.25) is 0 Å². The van der Waals surface area contributed by atoms with Crippen molar-refractivity contribution in [1.82, 2.24) is 0 Å². The smallest absolute Gasteiger partial charge is 0.0601 e. The molecule has 0 saturated heterocycles. The van der Waals surface area contributed by atoms with Crippen LogP contribution in [0.3, 0.4) is 0 Å². The summed E-state index contributed by atoms with van der Waals surface area (Å²) in [5.74, 6) is 0. The summed E-state index contributed by atoms with van der Waals surface area (Å²) in [7, 11) is 1.98. The van der Waals surface area contributed by atoms with Crippen LogP contribution in [0.4, 0.5) is 11.4 Å². The maximum atomic E-state index is 6.14. The van der Waals surface area contributed by atoms with E-state index in [-0.39, 0.29) is 0 Å². The summed E-state index contributed by atoms with van der Waals surface area (Å²) < 4.78 is 0. The van der Waals surface area contributed by atoms with E-state index in [2.05, 4.69) is 0 Å². The fourth-order valence-electron chi connectivity index (χ4n) is 1.84. The lowest BCUT2D eigenvalue weighted by molar-refractivity contribution is 0.925. The molecule has 2 rings (SSSR count). The van der Waals surface area contributed by atoms with Gasteiger partial charge in [0.15, 0.2) is 0 Å². The van der Waals surface area contributed by atoms with E-state index >= 15 is 0 Å². The van der Waals surface area contributed by atoms with Gasteiger partial charge in [-0.1, -0.05) is 41.4 Å². The molecule has 2 nitrogen and oxygen atoms in total. The van der Waals surface area contributed by atoms with E-state index in [9.17, 15) is 0 Å². The maximum Gasteiger partial charge on any atom is 0.0601 e. The molecule has 0 aliphatic rings. The largest absolute Gasteiger partial charge is 0.397 e. The molecule has 0 heterocycles. The summed E-state index contributed by atoms with van der Waals surface area (Å²) in [6, 6.07) is 13.3. The molecule has 4 heteroatoms. The van der Waals surface area contributed by atoms with Gasteiger partial charge in [-0.05, 0) is 29.8 Å². The first-order valence-corrected chi connectivity index (χ1v) is 6.33. The standard InChI is InChI=1S/C14H14Cl2N2/c1-18(9-10-4-2-3-5-12(10)16)14-7-6-11(15)8-13(14)17/h2-8H,9,17H2,1H3. The number of anilines is 2. The minimum Gasteiger partial charge on any atom is -0.397 e. The van der Waals surface area contributed by atoms with Gasteiger partial charge >= 0.3 is 0 Å². The second-order valence-corrected chi connectivity index (χ2v) is 4.99. The van der Waals surface area contributed by atoms with Gasteiger partial charge in [0.05, 0.1) is 11.4 Å². The van der Waals surface area contributed by atoms with Crippen molar-refractivity contribution in [3.8, 4) is 0 Å². The van der Waals surface area contributed by atoms with Crippen molar-refractivity contribution in [2.45, 2.75) is 6.54 Å². The topological polar surface area (TPSA) is 29.3 Å². The fraction of sp³-hybridized carbons (Fsp3) is 0.143. The highest BCUT2D eigenvalue weighted by Crippen LogP contribution is 2.27. The SMILES string of the molecule is CN(Cc1ccccc1Cl)c1ccc(Cl)cc1N. The summed E-state index contributed by atoms with van der Waals surface area (Å²) in [6.45, 7) is 0.700. The van der Waals surface area contributed by atoms with E-state index in [1.807, 2.05) is 48.3 Å². The number of benzene rings is 2. The van der Waals surface area contributed by atoms with Crippen LogP contribution in [0.25, 0.3) is 0 Å². The van der Waals surface area contributed by atoms with Crippen LogP contribution in [0.2, 0.25) is 10.0 Å². The van der Waals surface area contributed by atoms with Crippen molar-refractivity contribution in [1.29, 1.82) is 0 Å². The third-order valence-corrected chi connectivity index (χ3v) is 3.37. The molecule has 0 unspecified atom stereocenters. The van der Waals surface area contributed by atoms with Crippen molar-refractivity contribution in [2.24, 2.45) is 0 Å². The zero-order valence-corrected chi connectivity index (χ0v) is 11.5. The Morgan fingerprint density at radius 2 is 1.83 bits per heavy atom. The molecule has 18 heavy (non-hydrogen) atoms. The predicted molar refractivity (Wildman–Crippen MR) is 79.4 cm³/mol. The van der Waals surface area contributed by atoms with E-state index < -0.39 is 0 Å². The average molecular weight is 281 g/mol. The molecule has 0 radical (unpaired) electrons. The monoisotopic (exact) mass is 280 g/mol. The number of hydrogen-bond acceptors (Lipinski definition) is 2. The van der Waals surface area contributed by atoms with Gasteiger partial charge in [-0.2, -0.15) is 0 Å². The Kier molecular flexibility index (Phi) is 4.00. The lowest BCUT2D eigenvalue weighted by atomic mass is 10.2. The van der Waals surface area contributed by atoms with Crippen molar-refractivity contribution >= 4 is 34.6 Å². The van der Waals surface area contributed by atoms with E-state index in [4.69, 9.17) is 28.9 Å². The molecule has 0 amide bonds. The second kappa shape index (κ2) is 5.51. The van der Waals surface area contributed by atoms with Gasteiger partial charge in [-0.25, -0.2) is 0 Å². The average Bonchev–Trinajstić information content (AvgIpc) is 2.32. The van der Waals surface area contributed by atoms with Crippen LogP contribution in [0.1, 0.15) is 5.56 Å². The van der Waals surface area contributed by atoms with Crippen LogP contribution >= 0.6 is 23.2 Å². The minimum atomic E-state index is 0.641. The first-order chi connectivity index (χ1) is 8.58. The number of hydrogen-bond donors (Lipinski definition) is 1. The van der Waals surface area contributed by atoms with Crippen LogP contribution in [0, 0.1) is 0 Å². The number of halogens is 2. The zero-order valence-electron chi connectivity index (χ0n) is 10.0. The summed E-state index contributed by atoms with van der Waals surface area (Å²) >= 11 is 12.0. The van der Waals surface area contributed by atoms with E-state index in [1.165, 1.54) is 0 Å². The van der Waals surface area contributed by atoms with Crippen molar-refractivity contribution < 1.29 is 0 Å². The van der Waals surface area contributed by atoms with Gasteiger partial charge in [0.1, 0.15) is 0 Å². The van der Waals surface area contributed by atoms with Gasteiger partial charge in [0.25, 0.3) is 0 Å². The predicted octanol–water partition coefficient (Wildman–Crippen LogP) is 4.21. The third-order valence-electron chi connectivity index (χ3n) is 2.77. The molecular weight excluding hydrogens is 267 g/mol. The molecule has 0 bridgehead atoms. The lowest BCUT2D eigenvalue weighted by Crippen LogP contribution is -2.17. The van der Waals surface area contributed by atoms with E-state index in [0.717, 1.165) is 16.3 Å². The van der Waals surface area contributed by atoms with Crippen molar-refractivity contribution in [2.75, 3.05) is 17.7 Å². The Balaban J connectivity index is 2.22. The Hall–Kier alpha value is -1.38. The fourth-order valence-corrected chi connectivity index (χ4v) is 2.22. The van der Waals surface area contributed by atoms with Gasteiger partial charge in [-0.15, -0.1) is 0 Å². The number of nitrogens with two attached hydrogens (primary N) is 1. The normalized spacial score (nSPS) is 10.4. The lowest BCUT2D eigenvalue weighted by Gasteiger charge is -2.21. The van der Waals surface area contributed by atoms with Crippen LogP contribution in [0.15, 0.2) is 42.5 Å². The van der Waals surface area contributed by atoms with Gasteiger partial charge in [0, 0.05) is 23.6 Å². The van der Waals surface area contributed by atoms with Crippen LogP contribution in [-0.4, -0.2) is 7.05 Å². The summed E-state index contributed by atoms with van der Waals surface area (Å²) in [5, 5.41) is 1.40. The van der Waals surface area contributed by atoms with Crippen molar-refractivity contribution in [3.63, 3.8) is 0 Å². The first kappa shape index (κ1) is 13.1.